The predicted molar refractivity (Wildman–Crippen MR) is 100 cm³/mol. The van der Waals surface area contributed by atoms with Gasteiger partial charge in [-0.05, 0) is 26.3 Å². The highest BCUT2D eigenvalue weighted by atomic mass is 32.1. The molecule has 10 heteroatoms. The number of esters is 1. The SMILES string of the molecule is CCOC(=O)c1sc2ncn([C@H](C)C(=O)Nc3nccs3)c(=O)c2c1C. The number of thiophene rings is 1. The molecule has 8 nitrogen and oxygen atoms in total. The maximum absolute atomic E-state index is 12.9. The van der Waals surface area contributed by atoms with Crippen molar-refractivity contribution in [1.82, 2.24) is 14.5 Å². The van der Waals surface area contributed by atoms with Crippen LogP contribution in [0.3, 0.4) is 0 Å². The van der Waals surface area contributed by atoms with E-state index in [9.17, 15) is 14.4 Å². The van der Waals surface area contributed by atoms with Crippen molar-refractivity contribution in [2.24, 2.45) is 0 Å². The molecule has 1 N–H and O–H groups in total. The topological polar surface area (TPSA) is 103 Å². The fourth-order valence-corrected chi connectivity index (χ4v) is 3.99. The van der Waals surface area contributed by atoms with E-state index in [1.807, 2.05) is 0 Å². The molecule has 0 fully saturated rings. The molecule has 1 atom stereocenters. The molecule has 0 saturated carbocycles. The second kappa shape index (κ2) is 7.34. The third-order valence-electron chi connectivity index (χ3n) is 3.80. The first kappa shape index (κ1) is 18.2. The van der Waals surface area contributed by atoms with E-state index in [0.29, 0.717) is 25.8 Å². The molecule has 0 unspecified atom stereocenters. The highest BCUT2D eigenvalue weighted by Gasteiger charge is 2.23. The van der Waals surface area contributed by atoms with Crippen molar-refractivity contribution in [2.75, 3.05) is 11.9 Å². The lowest BCUT2D eigenvalue weighted by atomic mass is 10.2. The molecule has 0 aromatic carbocycles. The van der Waals surface area contributed by atoms with Crippen molar-refractivity contribution in [3.05, 3.63) is 38.7 Å². The number of aryl methyl sites for hydroxylation is 1. The second-order valence-electron chi connectivity index (χ2n) is 5.42. The Morgan fingerprint density at radius 2 is 2.15 bits per heavy atom. The van der Waals surface area contributed by atoms with E-state index in [1.54, 1.807) is 32.3 Å². The Balaban J connectivity index is 1.98. The van der Waals surface area contributed by atoms with Crippen LogP contribution >= 0.6 is 22.7 Å². The molecule has 3 heterocycles. The first-order chi connectivity index (χ1) is 12.4. The van der Waals surface area contributed by atoms with Gasteiger partial charge in [0.05, 0.1) is 18.3 Å². The van der Waals surface area contributed by atoms with Crippen LogP contribution in [-0.4, -0.2) is 33.0 Å². The van der Waals surface area contributed by atoms with E-state index in [2.05, 4.69) is 15.3 Å². The van der Waals surface area contributed by atoms with Crippen LogP contribution < -0.4 is 10.9 Å². The molecular formula is C16H16N4O4S2. The van der Waals surface area contributed by atoms with Gasteiger partial charge in [-0.3, -0.25) is 14.2 Å². The summed E-state index contributed by atoms with van der Waals surface area (Å²) in [6, 6.07) is -0.784. The molecule has 26 heavy (non-hydrogen) atoms. The molecule has 3 aromatic rings. The summed E-state index contributed by atoms with van der Waals surface area (Å²) in [5, 5.41) is 5.19. The summed E-state index contributed by atoms with van der Waals surface area (Å²) in [6.07, 6.45) is 2.90. The monoisotopic (exact) mass is 392 g/mol. The minimum atomic E-state index is -0.784. The number of carbonyl (C=O) groups excluding carboxylic acids is 2. The first-order valence-corrected chi connectivity index (χ1v) is 9.51. The molecule has 136 valence electrons. The lowest BCUT2D eigenvalue weighted by molar-refractivity contribution is -0.118. The quantitative estimate of drug-likeness (QED) is 0.670. The van der Waals surface area contributed by atoms with Crippen LogP contribution in [0.2, 0.25) is 0 Å². The third-order valence-corrected chi connectivity index (χ3v) is 5.66. The van der Waals surface area contributed by atoms with Gasteiger partial charge in [0.25, 0.3) is 5.56 Å². The zero-order chi connectivity index (χ0) is 18.8. The number of nitrogens with one attached hydrogen (secondary N) is 1. The number of hydrogen-bond acceptors (Lipinski definition) is 8. The van der Waals surface area contributed by atoms with Gasteiger partial charge in [0.15, 0.2) is 5.13 Å². The molecule has 0 aliphatic rings. The zero-order valence-electron chi connectivity index (χ0n) is 14.3. The van der Waals surface area contributed by atoms with Crippen molar-refractivity contribution in [3.63, 3.8) is 0 Å². The van der Waals surface area contributed by atoms with Crippen LogP contribution in [0, 0.1) is 6.92 Å². The van der Waals surface area contributed by atoms with E-state index in [4.69, 9.17) is 4.74 Å². The van der Waals surface area contributed by atoms with Crippen LogP contribution in [0.5, 0.6) is 0 Å². The minimum absolute atomic E-state index is 0.248. The number of hydrogen-bond donors (Lipinski definition) is 1. The third kappa shape index (κ3) is 3.25. The summed E-state index contributed by atoms with van der Waals surface area (Å²) >= 11 is 2.40. The fraction of sp³-hybridized carbons (Fsp3) is 0.312. The van der Waals surface area contributed by atoms with Gasteiger partial charge < -0.3 is 10.1 Å². The molecule has 0 aliphatic carbocycles. The number of fused-ring (bicyclic) bond motifs is 1. The Bertz CT molecular complexity index is 1020. The van der Waals surface area contributed by atoms with Crippen molar-refractivity contribution in [2.45, 2.75) is 26.8 Å². The van der Waals surface area contributed by atoms with Crippen molar-refractivity contribution >= 4 is 49.9 Å². The smallest absolute Gasteiger partial charge is 0.348 e. The average molecular weight is 392 g/mol. The van der Waals surface area contributed by atoms with Gasteiger partial charge in [-0.25, -0.2) is 14.8 Å². The van der Waals surface area contributed by atoms with Crippen LogP contribution in [0.15, 0.2) is 22.7 Å². The van der Waals surface area contributed by atoms with Crippen molar-refractivity contribution < 1.29 is 14.3 Å². The predicted octanol–water partition coefficient (Wildman–Crippen LogP) is 2.60. The second-order valence-corrected chi connectivity index (χ2v) is 7.31. The fourth-order valence-electron chi connectivity index (χ4n) is 2.43. The van der Waals surface area contributed by atoms with Gasteiger partial charge in [0, 0.05) is 11.6 Å². The van der Waals surface area contributed by atoms with Gasteiger partial charge in [0.1, 0.15) is 15.7 Å². The number of nitrogens with zero attached hydrogens (tertiary/aromatic N) is 3. The highest BCUT2D eigenvalue weighted by molar-refractivity contribution is 7.20. The minimum Gasteiger partial charge on any atom is -0.462 e. The van der Waals surface area contributed by atoms with Crippen molar-refractivity contribution in [3.8, 4) is 0 Å². The number of anilines is 1. The Kier molecular flexibility index (Phi) is 5.14. The maximum atomic E-state index is 12.9. The van der Waals surface area contributed by atoms with Crippen LogP contribution in [0.25, 0.3) is 10.2 Å². The first-order valence-electron chi connectivity index (χ1n) is 7.81. The standard InChI is InChI=1S/C16H16N4O4S2/c1-4-24-15(23)11-8(2)10-13(26-11)18-7-20(14(10)22)9(3)12(21)19-16-17-5-6-25-16/h5-7,9H,4H2,1-3H3,(H,17,19,21)/t9-/m1/s1. The van der Waals surface area contributed by atoms with E-state index in [1.165, 1.54) is 22.2 Å². The van der Waals surface area contributed by atoms with Crippen molar-refractivity contribution in [1.29, 1.82) is 0 Å². The summed E-state index contributed by atoms with van der Waals surface area (Å²) in [6.45, 7) is 5.25. The largest absolute Gasteiger partial charge is 0.462 e. The number of thiazole rings is 1. The van der Waals surface area contributed by atoms with E-state index >= 15 is 0 Å². The Labute approximate surface area is 156 Å². The summed E-state index contributed by atoms with van der Waals surface area (Å²) in [4.78, 5) is 46.3. The summed E-state index contributed by atoms with van der Waals surface area (Å²) in [7, 11) is 0. The number of ether oxygens (including phenoxy) is 1. The van der Waals surface area contributed by atoms with Crippen LogP contribution in [0.1, 0.15) is 35.1 Å². The van der Waals surface area contributed by atoms with E-state index in [0.717, 1.165) is 11.3 Å². The summed E-state index contributed by atoms with van der Waals surface area (Å²) in [5.74, 6) is -0.852. The maximum Gasteiger partial charge on any atom is 0.348 e. The van der Waals surface area contributed by atoms with Gasteiger partial charge >= 0.3 is 5.97 Å². The molecule has 3 aromatic heterocycles. The van der Waals surface area contributed by atoms with Gasteiger partial charge in [-0.2, -0.15) is 0 Å². The Morgan fingerprint density at radius 3 is 2.81 bits per heavy atom. The van der Waals surface area contributed by atoms with Gasteiger partial charge in [-0.15, -0.1) is 22.7 Å². The lowest BCUT2D eigenvalue weighted by Gasteiger charge is -2.13. The number of carbonyl (C=O) groups is 2. The molecule has 0 radical (unpaired) electrons. The number of amides is 1. The highest BCUT2D eigenvalue weighted by Crippen LogP contribution is 2.28. The van der Waals surface area contributed by atoms with Gasteiger partial charge in [-0.1, -0.05) is 0 Å². The lowest BCUT2D eigenvalue weighted by Crippen LogP contribution is -2.31. The molecule has 0 spiro atoms. The average Bonchev–Trinajstić information content (AvgIpc) is 3.23. The Hall–Kier alpha value is -2.59. The number of aromatic nitrogens is 3. The summed E-state index contributed by atoms with van der Waals surface area (Å²) < 4.78 is 6.27. The van der Waals surface area contributed by atoms with Crippen LogP contribution in [-0.2, 0) is 9.53 Å². The number of rotatable bonds is 5. The van der Waals surface area contributed by atoms with E-state index < -0.39 is 12.0 Å². The molecule has 3 rings (SSSR count). The summed E-state index contributed by atoms with van der Waals surface area (Å²) in [5.41, 5.74) is 0.143. The van der Waals surface area contributed by atoms with Gasteiger partial charge in [0.2, 0.25) is 5.91 Å². The Morgan fingerprint density at radius 1 is 1.38 bits per heavy atom. The molecular weight excluding hydrogens is 376 g/mol. The zero-order valence-corrected chi connectivity index (χ0v) is 15.9. The van der Waals surface area contributed by atoms with E-state index in [-0.39, 0.29) is 18.1 Å². The molecule has 0 bridgehead atoms. The molecule has 1 amide bonds. The molecule has 0 aliphatic heterocycles. The van der Waals surface area contributed by atoms with Crippen LogP contribution in [0.4, 0.5) is 5.13 Å². The normalized spacial score (nSPS) is 12.1. The molecule has 0 saturated heterocycles.